The number of methoxy groups -OCH3 is 1. The Hall–Kier alpha value is -1.33. The van der Waals surface area contributed by atoms with Gasteiger partial charge in [0.25, 0.3) is 0 Å². The molecule has 5 heteroatoms. The van der Waals surface area contributed by atoms with Crippen molar-refractivity contribution in [2.45, 2.75) is 32.6 Å². The van der Waals surface area contributed by atoms with E-state index in [0.717, 1.165) is 29.9 Å². The third-order valence-corrected chi connectivity index (χ3v) is 6.48. The van der Waals surface area contributed by atoms with Crippen molar-refractivity contribution in [2.24, 2.45) is 0 Å². The zero-order valence-corrected chi connectivity index (χ0v) is 16.4. The molecule has 0 aliphatic carbocycles. The van der Waals surface area contributed by atoms with Crippen LogP contribution >= 0.6 is 0 Å². The van der Waals surface area contributed by atoms with E-state index in [1.807, 2.05) is 17.0 Å². The van der Waals surface area contributed by atoms with Crippen LogP contribution in [-0.2, 0) is 4.79 Å². The Bertz CT molecular complexity index is 553. The van der Waals surface area contributed by atoms with E-state index in [1.54, 1.807) is 14.0 Å². The van der Waals surface area contributed by atoms with Crippen molar-refractivity contribution in [3.8, 4) is 5.75 Å². The average Bonchev–Trinajstić information content (AvgIpc) is 2.45. The molecule has 1 aliphatic rings. The molecule has 1 saturated heterocycles. The van der Waals surface area contributed by atoms with Gasteiger partial charge in [0, 0.05) is 12.5 Å². The number of nitrogens with zero attached hydrogens (tertiary/aromatic N) is 2. The molecule has 128 valence electrons. The minimum atomic E-state index is -1.21. The summed E-state index contributed by atoms with van der Waals surface area (Å²) < 4.78 is 6.32. The van der Waals surface area contributed by atoms with Gasteiger partial charge in [0.05, 0.1) is 40.0 Å². The fourth-order valence-corrected chi connectivity index (χ4v) is 6.40. The Morgan fingerprint density at radius 1 is 1.30 bits per heavy atom. The van der Waals surface area contributed by atoms with Gasteiger partial charge in [-0.1, -0.05) is 19.6 Å². The molecule has 23 heavy (non-hydrogen) atoms. The summed E-state index contributed by atoms with van der Waals surface area (Å²) in [7, 11) is 2.84. The number of likely N-dealkylation sites (N-methyl/N-ethyl adjacent to an activating group) is 1. The molecule has 1 aromatic carbocycles. The van der Waals surface area contributed by atoms with Crippen molar-refractivity contribution in [3.05, 3.63) is 29.8 Å². The number of quaternary nitrogens is 1. The van der Waals surface area contributed by atoms with E-state index in [-0.39, 0.29) is 5.91 Å². The Morgan fingerprint density at radius 2 is 1.91 bits per heavy atom. The Balaban J connectivity index is 2.34. The Labute approximate surface area is 141 Å². The van der Waals surface area contributed by atoms with Crippen LogP contribution in [0.3, 0.4) is 0 Å². The van der Waals surface area contributed by atoms with Crippen LogP contribution in [0.5, 0.6) is 5.75 Å². The molecule has 4 nitrogen and oxygen atoms in total. The largest absolute Gasteiger partial charge is 0.497 e. The van der Waals surface area contributed by atoms with Gasteiger partial charge in [-0.05, 0) is 24.3 Å². The lowest BCUT2D eigenvalue weighted by Crippen LogP contribution is -2.63. The summed E-state index contributed by atoms with van der Waals surface area (Å²) in [4.78, 5) is 13.9. The fraction of sp³-hybridized carbons (Fsp3) is 0.611. The van der Waals surface area contributed by atoms with Crippen LogP contribution < -0.4 is 4.74 Å². The van der Waals surface area contributed by atoms with Crippen molar-refractivity contribution in [1.29, 1.82) is 0 Å². The summed E-state index contributed by atoms with van der Waals surface area (Å²) in [5.41, 5.74) is 1.30. The minimum absolute atomic E-state index is 0.183. The zero-order chi connectivity index (χ0) is 17.3. The fourth-order valence-electron chi connectivity index (χ4n) is 3.85. The number of rotatable bonds is 4. The smallest absolute Gasteiger partial charge is 0.219 e. The second-order valence-corrected chi connectivity index (χ2v) is 13.6. The van der Waals surface area contributed by atoms with Crippen LogP contribution in [0.1, 0.15) is 18.5 Å². The molecule has 2 rings (SSSR count). The number of carbonyl (C=O) groups is 1. The normalized spacial score (nSPS) is 25.3. The third kappa shape index (κ3) is 4.35. The van der Waals surface area contributed by atoms with E-state index < -0.39 is 8.07 Å². The van der Waals surface area contributed by atoms with Gasteiger partial charge in [-0.3, -0.25) is 4.79 Å². The average molecular weight is 336 g/mol. The summed E-state index contributed by atoms with van der Waals surface area (Å²) in [6.45, 7) is 11.7. The number of carbonyl (C=O) groups excluding carboxylic acids is 1. The van der Waals surface area contributed by atoms with Gasteiger partial charge < -0.3 is 14.1 Å². The van der Waals surface area contributed by atoms with E-state index >= 15 is 0 Å². The van der Waals surface area contributed by atoms with Crippen LogP contribution in [0.25, 0.3) is 0 Å². The second-order valence-electron chi connectivity index (χ2n) is 8.18. The molecular weight excluding hydrogens is 304 g/mol. The summed E-state index contributed by atoms with van der Waals surface area (Å²) in [5.74, 6) is 1.06. The maximum Gasteiger partial charge on any atom is 0.219 e. The first-order chi connectivity index (χ1) is 10.6. The predicted octanol–water partition coefficient (Wildman–Crippen LogP) is 2.92. The molecule has 0 bridgehead atoms. The first-order valence-corrected chi connectivity index (χ1v) is 12.1. The number of ether oxygens (including phenoxy) is 1. The molecule has 0 aromatic heterocycles. The number of benzene rings is 1. The molecular formula is C18H31N2O2Si+. The molecule has 2 atom stereocenters. The lowest BCUT2D eigenvalue weighted by atomic mass is 10.0. The highest BCUT2D eigenvalue weighted by atomic mass is 28.3. The molecule has 0 spiro atoms. The van der Waals surface area contributed by atoms with Crippen molar-refractivity contribution in [1.82, 2.24) is 4.90 Å². The maximum absolute atomic E-state index is 11.9. The predicted molar refractivity (Wildman–Crippen MR) is 97.3 cm³/mol. The molecule has 1 amide bonds. The highest BCUT2D eigenvalue weighted by Gasteiger charge is 2.43. The van der Waals surface area contributed by atoms with Gasteiger partial charge >= 0.3 is 0 Å². The van der Waals surface area contributed by atoms with Gasteiger partial charge in [0.2, 0.25) is 5.91 Å². The molecule has 1 fully saturated rings. The SMILES string of the molecule is COc1ccc(C2CN(C(C)=O)CC[N@+]2(C)C[Si](C)(C)C)cc1. The molecule has 1 aromatic rings. The number of hydrogen-bond acceptors (Lipinski definition) is 2. The van der Waals surface area contributed by atoms with Crippen LogP contribution in [0, 0.1) is 0 Å². The van der Waals surface area contributed by atoms with Crippen LogP contribution in [-0.4, -0.2) is 63.3 Å². The standard InChI is InChI=1S/C18H31N2O2Si/c1-15(21)19-11-12-20(2,14-23(4,5)6)18(13-19)16-7-9-17(22-3)10-8-16/h7-10,18H,11-14H2,1-6H3/q+1/t18?,20-/m1/s1. The van der Waals surface area contributed by atoms with Crippen molar-refractivity contribution in [2.75, 3.05) is 40.0 Å². The van der Waals surface area contributed by atoms with Crippen molar-refractivity contribution < 1.29 is 14.0 Å². The second kappa shape index (κ2) is 6.65. The van der Waals surface area contributed by atoms with Crippen molar-refractivity contribution >= 4 is 14.0 Å². The highest BCUT2D eigenvalue weighted by Crippen LogP contribution is 2.33. The van der Waals surface area contributed by atoms with Crippen LogP contribution in [0.15, 0.2) is 24.3 Å². The molecule has 1 unspecified atom stereocenters. The molecule has 0 radical (unpaired) electrons. The first-order valence-electron chi connectivity index (χ1n) is 8.38. The quantitative estimate of drug-likeness (QED) is 0.625. The monoisotopic (exact) mass is 335 g/mol. The van der Waals surface area contributed by atoms with Crippen molar-refractivity contribution in [3.63, 3.8) is 0 Å². The van der Waals surface area contributed by atoms with Gasteiger partial charge in [-0.25, -0.2) is 0 Å². The Morgan fingerprint density at radius 3 is 2.39 bits per heavy atom. The van der Waals surface area contributed by atoms with E-state index in [9.17, 15) is 4.79 Å². The van der Waals surface area contributed by atoms with E-state index in [1.165, 1.54) is 11.7 Å². The lowest BCUT2D eigenvalue weighted by Gasteiger charge is -2.50. The third-order valence-electron chi connectivity index (χ3n) is 4.81. The highest BCUT2D eigenvalue weighted by molar-refractivity contribution is 6.76. The zero-order valence-electron chi connectivity index (χ0n) is 15.4. The van der Waals surface area contributed by atoms with Gasteiger partial charge in [-0.2, -0.15) is 0 Å². The summed E-state index contributed by atoms with van der Waals surface area (Å²) in [6.07, 6.45) is 1.23. The molecule has 0 N–H and O–H groups in total. The van der Waals surface area contributed by atoms with Crippen LogP contribution in [0.4, 0.5) is 0 Å². The Kier molecular flexibility index (Phi) is 5.21. The lowest BCUT2D eigenvalue weighted by molar-refractivity contribution is -0.934. The summed E-state index contributed by atoms with van der Waals surface area (Å²) >= 11 is 0. The minimum Gasteiger partial charge on any atom is -0.497 e. The van der Waals surface area contributed by atoms with Crippen LogP contribution in [0.2, 0.25) is 19.6 Å². The van der Waals surface area contributed by atoms with Gasteiger partial charge in [-0.15, -0.1) is 0 Å². The number of amides is 1. The molecule has 1 aliphatic heterocycles. The maximum atomic E-state index is 11.9. The molecule has 0 saturated carbocycles. The summed E-state index contributed by atoms with van der Waals surface area (Å²) in [6, 6.07) is 8.72. The molecule has 1 heterocycles. The first kappa shape index (κ1) is 18.0. The summed E-state index contributed by atoms with van der Waals surface area (Å²) in [5, 5.41) is 0. The van der Waals surface area contributed by atoms with E-state index in [0.29, 0.717) is 6.04 Å². The topological polar surface area (TPSA) is 29.5 Å². The van der Waals surface area contributed by atoms with Gasteiger partial charge in [0.15, 0.2) is 0 Å². The number of piperazine rings is 1. The van der Waals surface area contributed by atoms with E-state index in [4.69, 9.17) is 4.74 Å². The number of hydrogen-bond donors (Lipinski definition) is 0. The van der Waals surface area contributed by atoms with Gasteiger partial charge in [0.1, 0.15) is 19.9 Å². The van der Waals surface area contributed by atoms with E-state index in [2.05, 4.69) is 38.8 Å².